The van der Waals surface area contributed by atoms with Crippen LogP contribution in [0.1, 0.15) is 24.3 Å². The highest BCUT2D eigenvalue weighted by Gasteiger charge is 2.17. The molecule has 0 spiro atoms. The summed E-state index contributed by atoms with van der Waals surface area (Å²) in [6.45, 7) is 2.02. The van der Waals surface area contributed by atoms with Gasteiger partial charge in [-0.05, 0) is 29.8 Å². The normalized spacial score (nSPS) is 12.8. The predicted molar refractivity (Wildman–Crippen MR) is 114 cm³/mol. The molecule has 2 atom stereocenters. The number of hydrogen-bond acceptors (Lipinski definition) is 5. The highest BCUT2D eigenvalue weighted by molar-refractivity contribution is 7.10. The van der Waals surface area contributed by atoms with Crippen LogP contribution in [-0.2, 0) is 9.59 Å². The number of nitrogens with two attached hydrogens (primary N) is 1. The van der Waals surface area contributed by atoms with Crippen molar-refractivity contribution in [2.75, 3.05) is 0 Å². The average Bonchev–Trinajstić information content (AvgIpc) is 3.21. The average molecular weight is 413 g/mol. The Labute approximate surface area is 172 Å². The van der Waals surface area contributed by atoms with E-state index in [-0.39, 0.29) is 12.1 Å². The van der Waals surface area contributed by atoms with Crippen LogP contribution in [0.3, 0.4) is 0 Å². The molecule has 0 amide bonds. The summed E-state index contributed by atoms with van der Waals surface area (Å²) in [6, 6.07) is 18.7. The predicted octanol–water partition coefficient (Wildman–Crippen LogP) is 4.47. The lowest BCUT2D eigenvalue weighted by atomic mass is 10.1. The number of carboxylic acids is 2. The number of hydrogen-bond donors (Lipinski definition) is 3. The number of carbonyl (C=O) groups is 2. The van der Waals surface area contributed by atoms with Gasteiger partial charge in [0.25, 0.3) is 0 Å². The largest absolute Gasteiger partial charge is 0.484 e. The van der Waals surface area contributed by atoms with Gasteiger partial charge in [0.05, 0.1) is 0 Å². The van der Waals surface area contributed by atoms with Crippen molar-refractivity contribution in [2.24, 2.45) is 5.73 Å². The number of rotatable bonds is 7. The SMILES string of the molecule is CC(N)CC(Oc1cccc2ccccc12)c1cccs1.O=C(O)/C=C\C(=O)O. The molecule has 2 unspecified atom stereocenters. The quantitative estimate of drug-likeness (QED) is 0.493. The molecule has 3 rings (SSSR count). The van der Waals surface area contributed by atoms with Gasteiger partial charge >= 0.3 is 11.9 Å². The molecule has 0 saturated carbocycles. The van der Waals surface area contributed by atoms with Gasteiger partial charge in [-0.15, -0.1) is 11.3 Å². The Morgan fingerprint density at radius 3 is 2.28 bits per heavy atom. The van der Waals surface area contributed by atoms with E-state index in [4.69, 9.17) is 20.7 Å². The van der Waals surface area contributed by atoms with E-state index in [2.05, 4.69) is 35.7 Å². The van der Waals surface area contributed by atoms with Gasteiger partial charge in [-0.25, -0.2) is 9.59 Å². The van der Waals surface area contributed by atoms with E-state index >= 15 is 0 Å². The van der Waals surface area contributed by atoms with Crippen LogP contribution in [0, 0.1) is 0 Å². The van der Waals surface area contributed by atoms with E-state index in [0.29, 0.717) is 12.2 Å². The second-order valence-corrected chi connectivity index (χ2v) is 7.30. The summed E-state index contributed by atoms with van der Waals surface area (Å²) in [5.74, 6) is -1.59. The summed E-state index contributed by atoms with van der Waals surface area (Å²) < 4.78 is 6.31. The van der Waals surface area contributed by atoms with Gasteiger partial charge < -0.3 is 20.7 Å². The van der Waals surface area contributed by atoms with Crippen molar-refractivity contribution >= 4 is 34.0 Å². The molecule has 0 saturated heterocycles. The first kappa shape index (κ1) is 22.1. The fourth-order valence-electron chi connectivity index (χ4n) is 2.63. The van der Waals surface area contributed by atoms with Crippen molar-refractivity contribution in [1.29, 1.82) is 0 Å². The maximum Gasteiger partial charge on any atom is 0.328 e. The Morgan fingerprint density at radius 2 is 1.69 bits per heavy atom. The van der Waals surface area contributed by atoms with Crippen LogP contribution in [0.15, 0.2) is 72.1 Å². The summed E-state index contributed by atoms with van der Waals surface area (Å²) >= 11 is 1.72. The minimum Gasteiger partial charge on any atom is -0.484 e. The summed E-state index contributed by atoms with van der Waals surface area (Å²) in [6.07, 6.45) is 1.94. The van der Waals surface area contributed by atoms with Gasteiger partial charge in [0.1, 0.15) is 11.9 Å². The molecule has 3 aromatic rings. The first-order valence-electron chi connectivity index (χ1n) is 8.94. The van der Waals surface area contributed by atoms with Gasteiger partial charge in [0.2, 0.25) is 0 Å². The van der Waals surface area contributed by atoms with Crippen LogP contribution in [0.2, 0.25) is 0 Å². The number of carboxylic acid groups (broad SMARTS) is 2. The van der Waals surface area contributed by atoms with Gasteiger partial charge in [-0.1, -0.05) is 42.5 Å². The zero-order valence-electron chi connectivity index (χ0n) is 15.9. The molecule has 2 aromatic carbocycles. The van der Waals surface area contributed by atoms with Crippen LogP contribution in [0.4, 0.5) is 0 Å². The molecular weight excluding hydrogens is 390 g/mol. The lowest BCUT2D eigenvalue weighted by Gasteiger charge is -2.21. The fourth-order valence-corrected chi connectivity index (χ4v) is 3.40. The van der Waals surface area contributed by atoms with E-state index in [1.807, 2.05) is 31.2 Å². The summed E-state index contributed by atoms with van der Waals surface area (Å²) in [5.41, 5.74) is 5.99. The molecule has 6 nitrogen and oxygen atoms in total. The minimum atomic E-state index is -1.26. The van der Waals surface area contributed by atoms with Gasteiger partial charge in [-0.3, -0.25) is 0 Å². The maximum atomic E-state index is 9.55. The summed E-state index contributed by atoms with van der Waals surface area (Å²) in [7, 11) is 0. The third-order valence-corrected chi connectivity index (χ3v) is 4.80. The lowest BCUT2D eigenvalue weighted by Crippen LogP contribution is -2.21. The molecule has 4 N–H and O–H groups in total. The topological polar surface area (TPSA) is 110 Å². The Hall–Kier alpha value is -3.16. The van der Waals surface area contributed by atoms with E-state index < -0.39 is 11.9 Å². The molecule has 1 heterocycles. The molecule has 0 aliphatic rings. The summed E-state index contributed by atoms with van der Waals surface area (Å²) in [5, 5.41) is 20.0. The van der Waals surface area contributed by atoms with Gasteiger partial charge in [0.15, 0.2) is 0 Å². The molecule has 152 valence electrons. The van der Waals surface area contributed by atoms with Crippen LogP contribution in [0.5, 0.6) is 5.75 Å². The minimum absolute atomic E-state index is 0.0100. The Morgan fingerprint density at radius 1 is 1.03 bits per heavy atom. The third-order valence-electron chi connectivity index (χ3n) is 3.83. The van der Waals surface area contributed by atoms with Crippen LogP contribution < -0.4 is 10.5 Å². The first-order valence-corrected chi connectivity index (χ1v) is 9.82. The van der Waals surface area contributed by atoms with Crippen LogP contribution >= 0.6 is 11.3 Å². The van der Waals surface area contributed by atoms with Crippen molar-refractivity contribution in [3.63, 3.8) is 0 Å². The van der Waals surface area contributed by atoms with Crippen molar-refractivity contribution in [3.05, 3.63) is 77.0 Å². The van der Waals surface area contributed by atoms with Crippen molar-refractivity contribution in [1.82, 2.24) is 0 Å². The smallest absolute Gasteiger partial charge is 0.328 e. The van der Waals surface area contributed by atoms with Gasteiger partial charge in [0, 0.05) is 34.9 Å². The zero-order chi connectivity index (χ0) is 21.2. The highest BCUT2D eigenvalue weighted by Crippen LogP contribution is 2.33. The van der Waals surface area contributed by atoms with Gasteiger partial charge in [-0.2, -0.15) is 0 Å². The van der Waals surface area contributed by atoms with Crippen LogP contribution in [0.25, 0.3) is 10.8 Å². The molecule has 1 aromatic heterocycles. The van der Waals surface area contributed by atoms with E-state index in [1.165, 1.54) is 10.3 Å². The molecule has 0 bridgehead atoms. The number of thiophene rings is 1. The molecule has 0 fully saturated rings. The Kier molecular flexibility index (Phi) is 8.39. The van der Waals surface area contributed by atoms with Crippen LogP contribution in [-0.4, -0.2) is 28.2 Å². The van der Waals surface area contributed by atoms with E-state index in [1.54, 1.807) is 11.3 Å². The van der Waals surface area contributed by atoms with Crippen molar-refractivity contribution < 1.29 is 24.5 Å². The molecule has 29 heavy (non-hydrogen) atoms. The molecule has 7 heteroatoms. The lowest BCUT2D eigenvalue weighted by molar-refractivity contribution is -0.134. The monoisotopic (exact) mass is 413 g/mol. The number of aliphatic carboxylic acids is 2. The second-order valence-electron chi connectivity index (χ2n) is 6.32. The maximum absolute atomic E-state index is 9.55. The molecule has 0 aliphatic heterocycles. The van der Waals surface area contributed by atoms with E-state index in [0.717, 1.165) is 17.6 Å². The van der Waals surface area contributed by atoms with Crippen molar-refractivity contribution in [2.45, 2.75) is 25.5 Å². The number of ether oxygens (including phenoxy) is 1. The molecular formula is C22H23NO5S. The number of fused-ring (bicyclic) bond motifs is 1. The second kappa shape index (κ2) is 11.0. The Bertz CT molecular complexity index is 945. The first-order chi connectivity index (χ1) is 13.9. The summed E-state index contributed by atoms with van der Waals surface area (Å²) in [4.78, 5) is 20.3. The highest BCUT2D eigenvalue weighted by atomic mass is 32.1. The molecule has 0 radical (unpaired) electrons. The Balaban J connectivity index is 0.000000321. The van der Waals surface area contributed by atoms with Crippen molar-refractivity contribution in [3.8, 4) is 5.75 Å². The fraction of sp³-hybridized carbons (Fsp3) is 0.182. The zero-order valence-corrected chi connectivity index (χ0v) is 16.7. The number of benzene rings is 2. The van der Waals surface area contributed by atoms with E-state index in [9.17, 15) is 9.59 Å². The molecule has 0 aliphatic carbocycles. The standard InChI is InChI=1S/C18H19NOS.C4H4O4/c1-13(19)12-17(18-10-5-11-21-18)20-16-9-4-7-14-6-2-3-8-15(14)16;5-3(6)1-2-4(7)8/h2-11,13,17H,12,19H2,1H3;1-2H,(H,5,6)(H,7,8)/b;2-1-. The third kappa shape index (κ3) is 7.40.